The SMILES string of the molecule is CCCC(N)C(=O)NCc1ccc(CS(=O)(=O)CC(=O)OC)cc1. The van der Waals surface area contributed by atoms with Crippen molar-refractivity contribution >= 4 is 21.7 Å². The third-order valence-corrected chi connectivity index (χ3v) is 4.83. The van der Waals surface area contributed by atoms with Gasteiger partial charge in [-0.25, -0.2) is 8.42 Å². The first-order valence-electron chi connectivity index (χ1n) is 7.65. The zero-order valence-electron chi connectivity index (χ0n) is 13.9. The van der Waals surface area contributed by atoms with Crippen molar-refractivity contribution < 1.29 is 22.7 Å². The summed E-state index contributed by atoms with van der Waals surface area (Å²) in [6.45, 7) is 2.28. The summed E-state index contributed by atoms with van der Waals surface area (Å²) in [6, 6.07) is 6.26. The summed E-state index contributed by atoms with van der Waals surface area (Å²) in [4.78, 5) is 22.8. The number of esters is 1. The lowest BCUT2D eigenvalue weighted by molar-refractivity contribution is -0.137. The molecular weight excluding hydrogens is 332 g/mol. The average molecular weight is 356 g/mol. The minimum absolute atomic E-state index is 0.207. The van der Waals surface area contributed by atoms with Gasteiger partial charge in [0.1, 0.15) is 5.75 Å². The van der Waals surface area contributed by atoms with Gasteiger partial charge in [0.15, 0.2) is 9.84 Å². The molecule has 1 aromatic rings. The van der Waals surface area contributed by atoms with Gasteiger partial charge in [0.05, 0.1) is 18.9 Å². The van der Waals surface area contributed by atoms with E-state index in [1.165, 1.54) is 0 Å². The van der Waals surface area contributed by atoms with Crippen LogP contribution >= 0.6 is 0 Å². The molecule has 0 aromatic heterocycles. The van der Waals surface area contributed by atoms with Gasteiger partial charge in [0, 0.05) is 6.54 Å². The van der Waals surface area contributed by atoms with Gasteiger partial charge in [0.2, 0.25) is 5.91 Å². The van der Waals surface area contributed by atoms with Crippen molar-refractivity contribution in [3.8, 4) is 0 Å². The number of rotatable bonds is 9. The van der Waals surface area contributed by atoms with Gasteiger partial charge < -0.3 is 15.8 Å². The largest absolute Gasteiger partial charge is 0.468 e. The predicted molar refractivity (Wildman–Crippen MR) is 90.7 cm³/mol. The van der Waals surface area contributed by atoms with E-state index >= 15 is 0 Å². The maximum atomic E-state index is 11.8. The highest BCUT2D eigenvalue weighted by atomic mass is 32.2. The number of benzene rings is 1. The van der Waals surface area contributed by atoms with E-state index in [4.69, 9.17) is 5.73 Å². The van der Waals surface area contributed by atoms with Crippen molar-refractivity contribution in [2.75, 3.05) is 12.9 Å². The Morgan fingerprint density at radius 1 is 1.21 bits per heavy atom. The molecule has 1 atom stereocenters. The number of nitrogens with one attached hydrogen (secondary N) is 1. The summed E-state index contributed by atoms with van der Waals surface area (Å²) < 4.78 is 28.0. The lowest BCUT2D eigenvalue weighted by Crippen LogP contribution is -2.40. The summed E-state index contributed by atoms with van der Waals surface area (Å²) >= 11 is 0. The third-order valence-electron chi connectivity index (χ3n) is 3.38. The Balaban J connectivity index is 2.57. The van der Waals surface area contributed by atoms with Gasteiger partial charge in [-0.3, -0.25) is 9.59 Å². The van der Waals surface area contributed by atoms with Crippen LogP contribution in [-0.4, -0.2) is 39.2 Å². The topological polar surface area (TPSA) is 116 Å². The standard InChI is InChI=1S/C16H24N2O5S/c1-3-4-14(17)16(20)18-9-12-5-7-13(8-6-12)10-24(21,22)11-15(19)23-2/h5-8,14H,3-4,9-11,17H2,1-2H3,(H,18,20). The molecule has 0 radical (unpaired) electrons. The van der Waals surface area contributed by atoms with Crippen LogP contribution in [0.3, 0.4) is 0 Å². The predicted octanol–water partition coefficient (Wildman–Crippen LogP) is 0.518. The fraction of sp³-hybridized carbons (Fsp3) is 0.500. The first-order chi connectivity index (χ1) is 11.3. The van der Waals surface area contributed by atoms with Crippen LogP contribution in [0.1, 0.15) is 30.9 Å². The van der Waals surface area contributed by atoms with Crippen LogP contribution in [0.25, 0.3) is 0 Å². The first kappa shape index (κ1) is 20.1. The maximum Gasteiger partial charge on any atom is 0.320 e. The highest BCUT2D eigenvalue weighted by Crippen LogP contribution is 2.09. The second kappa shape index (κ2) is 9.39. The van der Waals surface area contributed by atoms with Crippen molar-refractivity contribution in [2.24, 2.45) is 5.73 Å². The molecule has 1 rings (SSSR count). The Morgan fingerprint density at radius 3 is 2.33 bits per heavy atom. The Kier molecular flexibility index (Phi) is 7.87. The van der Waals surface area contributed by atoms with E-state index < -0.39 is 27.6 Å². The minimum Gasteiger partial charge on any atom is -0.468 e. The van der Waals surface area contributed by atoms with Crippen LogP contribution in [-0.2, 0) is 36.5 Å². The molecule has 0 aliphatic rings. The smallest absolute Gasteiger partial charge is 0.320 e. The van der Waals surface area contributed by atoms with Crippen molar-refractivity contribution in [3.63, 3.8) is 0 Å². The number of hydrogen-bond acceptors (Lipinski definition) is 6. The monoisotopic (exact) mass is 356 g/mol. The van der Waals surface area contributed by atoms with Gasteiger partial charge in [-0.15, -0.1) is 0 Å². The van der Waals surface area contributed by atoms with Gasteiger partial charge in [-0.1, -0.05) is 37.6 Å². The number of amides is 1. The fourth-order valence-electron chi connectivity index (χ4n) is 2.06. The third kappa shape index (κ3) is 7.10. The van der Waals surface area contributed by atoms with E-state index in [0.717, 1.165) is 19.1 Å². The molecule has 0 spiro atoms. The molecule has 134 valence electrons. The Hall–Kier alpha value is -1.93. The average Bonchev–Trinajstić information content (AvgIpc) is 2.53. The molecule has 0 aliphatic carbocycles. The molecule has 7 nitrogen and oxygen atoms in total. The van der Waals surface area contributed by atoms with Gasteiger partial charge in [-0.05, 0) is 17.5 Å². The highest BCUT2D eigenvalue weighted by Gasteiger charge is 2.18. The molecule has 0 aliphatic heterocycles. The lowest BCUT2D eigenvalue weighted by Gasteiger charge is -2.11. The first-order valence-corrected chi connectivity index (χ1v) is 9.48. The maximum absolute atomic E-state index is 11.8. The molecule has 1 aromatic carbocycles. The highest BCUT2D eigenvalue weighted by molar-refractivity contribution is 7.91. The van der Waals surface area contributed by atoms with Crippen LogP contribution in [0.5, 0.6) is 0 Å². The van der Waals surface area contributed by atoms with Crippen molar-refractivity contribution in [2.45, 2.75) is 38.1 Å². The molecule has 1 amide bonds. The van der Waals surface area contributed by atoms with E-state index in [1.54, 1.807) is 24.3 Å². The zero-order chi connectivity index (χ0) is 18.2. The quantitative estimate of drug-likeness (QED) is 0.623. The number of sulfone groups is 1. The van der Waals surface area contributed by atoms with E-state index in [2.05, 4.69) is 10.1 Å². The Labute approximate surface area is 142 Å². The number of nitrogens with two attached hydrogens (primary N) is 1. The van der Waals surface area contributed by atoms with Crippen LogP contribution in [0, 0.1) is 0 Å². The fourth-order valence-corrected chi connectivity index (χ4v) is 3.34. The van der Waals surface area contributed by atoms with Crippen molar-refractivity contribution in [1.29, 1.82) is 0 Å². The van der Waals surface area contributed by atoms with Gasteiger partial charge >= 0.3 is 5.97 Å². The Bertz CT molecular complexity index is 656. The number of carbonyl (C=O) groups is 2. The summed E-state index contributed by atoms with van der Waals surface area (Å²) in [5, 5.41) is 2.74. The van der Waals surface area contributed by atoms with Crippen molar-refractivity contribution in [3.05, 3.63) is 35.4 Å². The second-order valence-corrected chi connectivity index (χ2v) is 7.60. The number of carbonyl (C=O) groups excluding carboxylic acids is 2. The van der Waals surface area contributed by atoms with Gasteiger partial charge in [0.25, 0.3) is 0 Å². The van der Waals surface area contributed by atoms with Crippen molar-refractivity contribution in [1.82, 2.24) is 5.32 Å². The summed E-state index contributed by atoms with van der Waals surface area (Å²) in [6.07, 6.45) is 1.46. The molecule has 0 bridgehead atoms. The van der Waals surface area contributed by atoms with Crippen LogP contribution < -0.4 is 11.1 Å². The minimum atomic E-state index is -3.56. The molecule has 0 saturated carbocycles. The van der Waals surface area contributed by atoms with Gasteiger partial charge in [-0.2, -0.15) is 0 Å². The molecule has 8 heteroatoms. The van der Waals surface area contributed by atoms with Crippen LogP contribution in [0.15, 0.2) is 24.3 Å². The summed E-state index contributed by atoms with van der Waals surface area (Å²) in [5.41, 5.74) is 7.12. The number of ether oxygens (including phenoxy) is 1. The molecular formula is C16H24N2O5S. The Morgan fingerprint density at radius 2 is 1.79 bits per heavy atom. The molecule has 24 heavy (non-hydrogen) atoms. The molecule has 0 heterocycles. The number of hydrogen-bond donors (Lipinski definition) is 2. The number of methoxy groups -OCH3 is 1. The second-order valence-electron chi connectivity index (χ2n) is 5.54. The van der Waals surface area contributed by atoms with E-state index in [-0.39, 0.29) is 11.7 Å². The molecule has 1 unspecified atom stereocenters. The lowest BCUT2D eigenvalue weighted by atomic mass is 10.1. The molecule has 0 fully saturated rings. The van der Waals surface area contributed by atoms with E-state index in [0.29, 0.717) is 18.5 Å². The summed E-state index contributed by atoms with van der Waals surface area (Å²) in [7, 11) is -2.42. The van der Waals surface area contributed by atoms with E-state index in [9.17, 15) is 18.0 Å². The normalized spacial score (nSPS) is 12.5. The zero-order valence-corrected chi connectivity index (χ0v) is 14.8. The molecule has 3 N–H and O–H groups in total. The summed E-state index contributed by atoms with van der Waals surface area (Å²) in [5.74, 6) is -1.87. The van der Waals surface area contributed by atoms with E-state index in [1.807, 2.05) is 6.92 Å². The van der Waals surface area contributed by atoms with Crippen LogP contribution in [0.2, 0.25) is 0 Å². The molecule has 0 saturated heterocycles. The van der Waals surface area contributed by atoms with Crippen LogP contribution in [0.4, 0.5) is 0 Å².